The molecule has 7 heteroatoms. The number of esters is 1. The number of carbonyl (C=O) groups is 3. The van der Waals surface area contributed by atoms with Gasteiger partial charge in [0, 0.05) is 47.0 Å². The largest absolute Gasteiger partial charge is 0.462 e. The first-order chi connectivity index (χ1) is 18.7. The summed E-state index contributed by atoms with van der Waals surface area (Å²) in [6, 6.07) is 19.7. The first kappa shape index (κ1) is 29.2. The lowest BCUT2D eigenvalue weighted by atomic mass is 10.1. The molecule has 0 unspecified atom stereocenters. The van der Waals surface area contributed by atoms with Gasteiger partial charge in [0.2, 0.25) is 0 Å². The first-order valence-electron chi connectivity index (χ1n) is 13.3. The van der Waals surface area contributed by atoms with Gasteiger partial charge in [-0.25, -0.2) is 4.79 Å². The number of hydrogen-bond acceptors (Lipinski definition) is 5. The zero-order chi connectivity index (χ0) is 28.5. The van der Waals surface area contributed by atoms with Gasteiger partial charge in [-0.3, -0.25) is 9.59 Å². The first-order valence-corrected chi connectivity index (χ1v) is 13.3. The molecule has 3 aromatic carbocycles. The van der Waals surface area contributed by atoms with Crippen LogP contribution in [0.2, 0.25) is 0 Å². The topological polar surface area (TPSA) is 79.0 Å². The lowest BCUT2D eigenvalue weighted by Gasteiger charge is -2.28. The van der Waals surface area contributed by atoms with Crippen LogP contribution in [-0.4, -0.2) is 42.4 Å². The van der Waals surface area contributed by atoms with E-state index in [1.165, 1.54) is 0 Å². The smallest absolute Gasteiger partial charge is 0.338 e. The highest BCUT2D eigenvalue weighted by Crippen LogP contribution is 2.33. The summed E-state index contributed by atoms with van der Waals surface area (Å²) in [6.45, 7) is 13.2. The normalized spacial score (nSPS) is 11.1. The van der Waals surface area contributed by atoms with E-state index in [1.807, 2.05) is 65.0 Å². The predicted molar refractivity (Wildman–Crippen MR) is 157 cm³/mol. The quantitative estimate of drug-likeness (QED) is 0.288. The van der Waals surface area contributed by atoms with Crippen molar-refractivity contribution in [1.29, 1.82) is 0 Å². The highest BCUT2D eigenvalue weighted by Gasteiger charge is 2.18. The van der Waals surface area contributed by atoms with Crippen molar-refractivity contribution in [1.82, 2.24) is 4.90 Å². The van der Waals surface area contributed by atoms with Crippen molar-refractivity contribution in [2.75, 3.05) is 29.9 Å². The van der Waals surface area contributed by atoms with E-state index in [0.717, 1.165) is 22.6 Å². The highest BCUT2D eigenvalue weighted by molar-refractivity contribution is 6.05. The minimum Gasteiger partial charge on any atom is -0.462 e. The molecular formula is C32H37N3O4. The summed E-state index contributed by atoms with van der Waals surface area (Å²) >= 11 is 0. The second-order valence-corrected chi connectivity index (χ2v) is 9.04. The van der Waals surface area contributed by atoms with Crippen LogP contribution in [0.5, 0.6) is 0 Å². The average Bonchev–Trinajstić information content (AvgIpc) is 2.95. The van der Waals surface area contributed by atoms with Crippen LogP contribution < -0.4 is 10.2 Å². The number of anilines is 3. The maximum atomic E-state index is 13.2. The lowest BCUT2D eigenvalue weighted by Crippen LogP contribution is -2.30. The number of hydrogen-bond donors (Lipinski definition) is 1. The van der Waals surface area contributed by atoms with Gasteiger partial charge < -0.3 is 19.9 Å². The van der Waals surface area contributed by atoms with Crippen LogP contribution in [0.1, 0.15) is 71.3 Å². The van der Waals surface area contributed by atoms with Crippen molar-refractivity contribution in [2.24, 2.45) is 0 Å². The van der Waals surface area contributed by atoms with Crippen molar-refractivity contribution in [3.63, 3.8) is 0 Å². The Morgan fingerprint density at radius 1 is 0.846 bits per heavy atom. The van der Waals surface area contributed by atoms with Gasteiger partial charge in [0.05, 0.1) is 12.2 Å². The molecule has 0 radical (unpaired) electrons. The number of aryl methyl sites for hydroxylation is 1. The Morgan fingerprint density at radius 2 is 1.44 bits per heavy atom. The average molecular weight is 528 g/mol. The Morgan fingerprint density at radius 3 is 2.00 bits per heavy atom. The summed E-state index contributed by atoms with van der Waals surface area (Å²) in [5, 5.41) is 2.93. The van der Waals surface area contributed by atoms with Crippen molar-refractivity contribution in [3.8, 4) is 0 Å². The Balaban J connectivity index is 1.87. The Hall–Kier alpha value is -4.39. The van der Waals surface area contributed by atoms with Gasteiger partial charge in [-0.15, -0.1) is 0 Å². The fourth-order valence-electron chi connectivity index (χ4n) is 4.21. The third-order valence-corrected chi connectivity index (χ3v) is 6.56. The van der Waals surface area contributed by atoms with E-state index in [2.05, 4.69) is 10.2 Å². The number of allylic oxidation sites excluding steroid dienone is 2. The van der Waals surface area contributed by atoms with E-state index in [9.17, 15) is 14.4 Å². The molecule has 3 rings (SSSR count). The number of carbonyl (C=O) groups excluding carboxylic acids is 3. The zero-order valence-corrected chi connectivity index (χ0v) is 23.6. The number of rotatable bonds is 10. The summed E-state index contributed by atoms with van der Waals surface area (Å²) in [5.74, 6) is -0.649. The summed E-state index contributed by atoms with van der Waals surface area (Å²) < 4.78 is 5.10. The van der Waals surface area contributed by atoms with E-state index in [4.69, 9.17) is 4.74 Å². The minimum atomic E-state index is -0.362. The molecule has 0 aliphatic rings. The number of amides is 2. The van der Waals surface area contributed by atoms with E-state index in [0.29, 0.717) is 42.1 Å². The third kappa shape index (κ3) is 6.93. The van der Waals surface area contributed by atoms with Crippen LogP contribution in [0, 0.1) is 6.92 Å². The van der Waals surface area contributed by atoms with Crippen molar-refractivity contribution in [3.05, 3.63) is 101 Å². The van der Waals surface area contributed by atoms with Crippen molar-refractivity contribution in [2.45, 2.75) is 41.5 Å². The fraction of sp³-hybridized carbons (Fsp3) is 0.281. The van der Waals surface area contributed by atoms with Gasteiger partial charge in [0.1, 0.15) is 0 Å². The molecule has 0 saturated heterocycles. The molecule has 0 aliphatic carbocycles. The number of nitrogens with one attached hydrogen (secondary N) is 1. The second kappa shape index (κ2) is 13.4. The molecule has 7 nitrogen and oxygen atoms in total. The van der Waals surface area contributed by atoms with Crippen LogP contribution in [0.3, 0.4) is 0 Å². The van der Waals surface area contributed by atoms with Gasteiger partial charge in [0.25, 0.3) is 11.8 Å². The molecule has 204 valence electrons. The number of ether oxygens (including phenoxy) is 1. The molecule has 1 N–H and O–H groups in total. The van der Waals surface area contributed by atoms with Gasteiger partial charge >= 0.3 is 5.97 Å². The molecule has 0 aromatic heterocycles. The van der Waals surface area contributed by atoms with Crippen LogP contribution in [0.15, 0.2) is 78.5 Å². The molecule has 0 bridgehead atoms. The van der Waals surface area contributed by atoms with E-state index in [-0.39, 0.29) is 17.8 Å². The molecule has 0 spiro atoms. The Bertz CT molecular complexity index is 1340. The molecule has 0 saturated carbocycles. The second-order valence-electron chi connectivity index (χ2n) is 9.04. The van der Waals surface area contributed by atoms with Gasteiger partial charge in [-0.2, -0.15) is 0 Å². The Labute approximate surface area is 231 Å². The number of benzene rings is 3. The van der Waals surface area contributed by atoms with E-state index < -0.39 is 0 Å². The van der Waals surface area contributed by atoms with Crippen LogP contribution in [-0.2, 0) is 4.74 Å². The molecule has 2 amide bonds. The zero-order valence-electron chi connectivity index (χ0n) is 23.6. The van der Waals surface area contributed by atoms with Crippen molar-refractivity contribution >= 4 is 34.8 Å². The maximum Gasteiger partial charge on any atom is 0.338 e. The summed E-state index contributed by atoms with van der Waals surface area (Å²) in [5.41, 5.74) is 5.82. The maximum absolute atomic E-state index is 13.2. The minimum absolute atomic E-state index is 0.0317. The Kier molecular flexibility index (Phi) is 10.0. The van der Waals surface area contributed by atoms with Gasteiger partial charge in [-0.1, -0.05) is 12.1 Å². The lowest BCUT2D eigenvalue weighted by molar-refractivity contribution is 0.0526. The SMILES string of the molecule is C/C=C(/C)N(c1ccc(C(=O)OCC)cc1)c1cc(C(=O)Nc2ccc(C(=O)N(CC)CC)cc2)ccc1C. The number of nitrogens with zero attached hydrogens (tertiary/aromatic N) is 2. The summed E-state index contributed by atoms with van der Waals surface area (Å²) in [4.78, 5) is 41.7. The van der Waals surface area contributed by atoms with Crippen LogP contribution >= 0.6 is 0 Å². The third-order valence-electron chi connectivity index (χ3n) is 6.56. The van der Waals surface area contributed by atoms with Crippen LogP contribution in [0.25, 0.3) is 0 Å². The molecule has 3 aromatic rings. The van der Waals surface area contributed by atoms with E-state index >= 15 is 0 Å². The van der Waals surface area contributed by atoms with Crippen molar-refractivity contribution < 1.29 is 19.1 Å². The molecule has 0 aliphatic heterocycles. The van der Waals surface area contributed by atoms with Gasteiger partial charge in [0.15, 0.2) is 0 Å². The predicted octanol–water partition coefficient (Wildman–Crippen LogP) is 6.97. The molecule has 39 heavy (non-hydrogen) atoms. The molecule has 0 heterocycles. The van der Waals surface area contributed by atoms with E-state index in [1.54, 1.807) is 54.3 Å². The standard InChI is InChI=1S/C32H37N3O4/c1-7-23(6)35(28-19-15-25(16-20-28)32(38)39-10-4)29-21-26(12-11-22(29)5)30(36)33-27-17-13-24(14-18-27)31(37)34(8-2)9-3/h7,11-21H,8-10H2,1-6H3,(H,33,36)/b23-7-. The molecule has 0 atom stereocenters. The molecule has 0 fully saturated rings. The highest BCUT2D eigenvalue weighted by atomic mass is 16.5. The summed E-state index contributed by atoms with van der Waals surface area (Å²) in [6.07, 6.45) is 1.99. The monoisotopic (exact) mass is 527 g/mol. The summed E-state index contributed by atoms with van der Waals surface area (Å²) in [7, 11) is 0. The fourth-order valence-corrected chi connectivity index (χ4v) is 4.21. The molecular weight excluding hydrogens is 490 g/mol. The van der Waals surface area contributed by atoms with Crippen LogP contribution in [0.4, 0.5) is 17.1 Å². The van der Waals surface area contributed by atoms with Gasteiger partial charge in [-0.05, 0) is 108 Å².